The summed E-state index contributed by atoms with van der Waals surface area (Å²) in [5, 5.41) is 0.526. The number of thiol groups is 1. The number of hydrogen-bond donors (Lipinski definition) is 1. The van der Waals surface area contributed by atoms with Gasteiger partial charge in [-0.2, -0.15) is 0 Å². The van der Waals surface area contributed by atoms with Crippen LogP contribution in [0, 0.1) is 0 Å². The van der Waals surface area contributed by atoms with Gasteiger partial charge in [-0.05, 0) is 0 Å². The maximum absolute atomic E-state index is 12.2. The average molecular weight is 314 g/mol. The Balaban J connectivity index is 2.57. The molecule has 0 N–H and O–H groups in total. The summed E-state index contributed by atoms with van der Waals surface area (Å²) in [5.41, 5.74) is -0.0264. The molecule has 0 amide bonds. The van der Waals surface area contributed by atoms with Crippen LogP contribution < -0.4 is 5.56 Å². The van der Waals surface area contributed by atoms with Crippen molar-refractivity contribution >= 4 is 42.1 Å². The van der Waals surface area contributed by atoms with E-state index in [1.54, 1.807) is 3.56 Å². The van der Waals surface area contributed by atoms with Gasteiger partial charge in [0, 0.05) is 0 Å². The van der Waals surface area contributed by atoms with Gasteiger partial charge in [0.2, 0.25) is 0 Å². The predicted molar refractivity (Wildman–Crippen MR) is 73.1 cm³/mol. The molecule has 1 unspecified atom stereocenters. The van der Waals surface area contributed by atoms with Crippen molar-refractivity contribution in [2.45, 2.75) is 25.8 Å². The van der Waals surface area contributed by atoms with Crippen molar-refractivity contribution in [1.29, 1.82) is 0 Å². The monoisotopic (exact) mass is 315 g/mol. The van der Waals surface area contributed by atoms with E-state index in [2.05, 4.69) is 12.6 Å². The van der Waals surface area contributed by atoms with Crippen molar-refractivity contribution in [3.63, 3.8) is 0 Å². The zero-order chi connectivity index (χ0) is 12.4. The molecule has 5 heteroatoms. The van der Waals surface area contributed by atoms with Crippen LogP contribution in [0.4, 0.5) is 0 Å². The molecule has 0 aliphatic rings. The van der Waals surface area contributed by atoms with Crippen LogP contribution in [0.25, 0.3) is 9.65 Å². The number of fused-ring (bicyclic) bond motifs is 1. The molecule has 1 aromatic carbocycles. The average Bonchev–Trinajstić information content (AvgIpc) is 2.64. The van der Waals surface area contributed by atoms with Crippen molar-refractivity contribution in [2.75, 3.05) is 0 Å². The summed E-state index contributed by atoms with van der Waals surface area (Å²) in [6, 6.07) is 7.19. The van der Waals surface area contributed by atoms with Crippen LogP contribution in [-0.4, -0.2) is 23.4 Å². The minimum absolute atomic E-state index is 0.0264. The third-order valence-electron chi connectivity index (χ3n) is 2.64. The summed E-state index contributed by atoms with van der Waals surface area (Å²) in [7, 11) is 0. The zero-order valence-electron chi connectivity index (χ0n) is 9.42. The van der Waals surface area contributed by atoms with Gasteiger partial charge < -0.3 is 0 Å². The Bertz CT molecular complexity index is 602. The Morgan fingerprint density at radius 1 is 1.47 bits per heavy atom. The van der Waals surface area contributed by atoms with Gasteiger partial charge in [-0.25, -0.2) is 0 Å². The normalized spacial score (nSPS) is 12.8. The fourth-order valence-corrected chi connectivity index (χ4v) is 4.57. The van der Waals surface area contributed by atoms with Gasteiger partial charge in [-0.15, -0.1) is 0 Å². The number of rotatable bonds is 4. The van der Waals surface area contributed by atoms with Crippen LogP contribution in [0.5, 0.6) is 0 Å². The number of aromatic nitrogens is 1. The standard InChI is InChI=1S/C12H13NO2SSe/c1-2-5-9(12(15)16)13-11(14)8-6-3-4-7-10(8)17-13/h3-4,6-7,9H,2,5H2,1H3,(H,15,16). The van der Waals surface area contributed by atoms with Crippen LogP contribution in [0.2, 0.25) is 0 Å². The molecule has 2 rings (SSSR count). The number of hydrogen-bond acceptors (Lipinski definition) is 2. The van der Waals surface area contributed by atoms with E-state index >= 15 is 0 Å². The third kappa shape index (κ3) is 2.41. The molecule has 0 fully saturated rings. The number of nitrogens with zero attached hydrogens (tertiary/aromatic N) is 1. The first-order valence-corrected chi connectivity index (χ1v) is 7.55. The molecule has 0 saturated carbocycles. The van der Waals surface area contributed by atoms with Crippen molar-refractivity contribution in [3.8, 4) is 0 Å². The topological polar surface area (TPSA) is 39.1 Å². The molecular formula is C12H13NO2SSe. The van der Waals surface area contributed by atoms with E-state index in [-0.39, 0.29) is 31.4 Å². The zero-order valence-corrected chi connectivity index (χ0v) is 12.0. The minimum atomic E-state index is -0.372. The van der Waals surface area contributed by atoms with E-state index in [0.29, 0.717) is 6.42 Å². The van der Waals surface area contributed by atoms with E-state index in [9.17, 15) is 9.59 Å². The molecule has 0 aliphatic carbocycles. The first-order valence-electron chi connectivity index (χ1n) is 5.48. The van der Waals surface area contributed by atoms with Gasteiger partial charge in [-0.1, -0.05) is 0 Å². The summed E-state index contributed by atoms with van der Waals surface area (Å²) in [6.45, 7) is 2.00. The Morgan fingerprint density at radius 3 is 2.76 bits per heavy atom. The Hall–Kier alpha value is -0.771. The van der Waals surface area contributed by atoms with E-state index in [4.69, 9.17) is 0 Å². The number of benzene rings is 1. The molecule has 0 spiro atoms. The summed E-state index contributed by atoms with van der Waals surface area (Å²) < 4.78 is 2.75. The SMILES string of the molecule is CCCC(C(=O)S)n1[se]c2ccccc2c1=O. The Labute approximate surface area is 111 Å². The third-order valence-corrected chi connectivity index (χ3v) is 5.40. The summed E-state index contributed by atoms with van der Waals surface area (Å²) in [4.78, 5) is 23.7. The van der Waals surface area contributed by atoms with Gasteiger partial charge in [0.15, 0.2) is 0 Å². The van der Waals surface area contributed by atoms with Crippen molar-refractivity contribution in [3.05, 3.63) is 34.6 Å². The van der Waals surface area contributed by atoms with Crippen molar-refractivity contribution < 1.29 is 4.79 Å². The molecule has 17 heavy (non-hydrogen) atoms. The molecule has 3 nitrogen and oxygen atoms in total. The second kappa shape index (κ2) is 5.25. The van der Waals surface area contributed by atoms with E-state index in [0.717, 1.165) is 16.1 Å². The summed E-state index contributed by atoms with van der Waals surface area (Å²) in [6.07, 6.45) is 1.55. The molecule has 0 saturated heterocycles. The second-order valence-electron chi connectivity index (χ2n) is 3.86. The van der Waals surface area contributed by atoms with Gasteiger partial charge in [-0.3, -0.25) is 0 Å². The van der Waals surface area contributed by atoms with E-state index in [1.807, 2.05) is 31.2 Å². The molecule has 1 atom stereocenters. The summed E-state index contributed by atoms with van der Waals surface area (Å²) >= 11 is 3.81. The van der Waals surface area contributed by atoms with Crippen LogP contribution >= 0.6 is 12.6 Å². The maximum atomic E-state index is 12.2. The molecule has 0 aliphatic heterocycles. The predicted octanol–water partition coefficient (Wildman–Crippen LogP) is 1.86. The van der Waals surface area contributed by atoms with Gasteiger partial charge in [0.05, 0.1) is 0 Å². The van der Waals surface area contributed by atoms with Gasteiger partial charge in [0.1, 0.15) is 0 Å². The van der Waals surface area contributed by atoms with Gasteiger partial charge >= 0.3 is 111 Å². The molecule has 90 valence electrons. The Morgan fingerprint density at radius 2 is 2.18 bits per heavy atom. The molecule has 1 aromatic heterocycles. The van der Waals surface area contributed by atoms with Gasteiger partial charge in [0.25, 0.3) is 0 Å². The fraction of sp³-hybridized carbons (Fsp3) is 0.333. The van der Waals surface area contributed by atoms with Crippen LogP contribution in [0.15, 0.2) is 29.1 Å². The van der Waals surface area contributed by atoms with Crippen molar-refractivity contribution in [2.24, 2.45) is 0 Å². The first kappa shape index (κ1) is 12.7. The molecule has 0 bridgehead atoms. The first-order chi connectivity index (χ1) is 8.15. The number of carbonyl (C=O) groups is 1. The quantitative estimate of drug-likeness (QED) is 0.691. The molecule has 2 aromatic rings. The van der Waals surface area contributed by atoms with Crippen LogP contribution in [0.1, 0.15) is 25.8 Å². The van der Waals surface area contributed by atoms with E-state index < -0.39 is 0 Å². The Kier molecular flexibility index (Phi) is 3.92. The summed E-state index contributed by atoms with van der Waals surface area (Å²) in [5.74, 6) is 0. The van der Waals surface area contributed by atoms with Crippen LogP contribution in [0.3, 0.4) is 0 Å². The van der Waals surface area contributed by atoms with E-state index in [1.165, 1.54) is 0 Å². The second-order valence-corrected chi connectivity index (χ2v) is 6.43. The molecule has 0 radical (unpaired) electrons. The van der Waals surface area contributed by atoms with Crippen molar-refractivity contribution in [1.82, 2.24) is 3.56 Å². The number of carbonyl (C=O) groups excluding carboxylic acids is 1. The fourth-order valence-electron chi connectivity index (χ4n) is 1.81. The molecule has 1 heterocycles. The molecular weight excluding hydrogens is 301 g/mol. The van der Waals surface area contributed by atoms with Crippen LogP contribution in [-0.2, 0) is 4.79 Å².